The molecule has 0 spiro atoms. The Balaban J connectivity index is 2.37. The van der Waals surface area contributed by atoms with Gasteiger partial charge in [0.05, 0.1) is 39.4 Å². The molecule has 1 N–H and O–H groups in total. The molecule has 2 aromatic rings. The van der Waals surface area contributed by atoms with Crippen LogP contribution in [0.1, 0.15) is 49.2 Å². The van der Waals surface area contributed by atoms with Gasteiger partial charge in [-0.1, -0.05) is 30.3 Å². The van der Waals surface area contributed by atoms with Crippen molar-refractivity contribution in [2.45, 2.75) is 33.2 Å². The molecule has 0 heterocycles. The van der Waals surface area contributed by atoms with E-state index in [1.54, 1.807) is 12.1 Å². The maximum Gasteiger partial charge on any atom is 0.307 e. The molecule has 0 radical (unpaired) electrons. The third kappa shape index (κ3) is 6.14. The second-order valence-corrected chi connectivity index (χ2v) is 6.32. The number of carbonyl (C=O) groups excluding carboxylic acids is 2. The average Bonchev–Trinajstić information content (AvgIpc) is 2.76. The van der Waals surface area contributed by atoms with Gasteiger partial charge in [-0.3, -0.25) is 9.59 Å². The van der Waals surface area contributed by atoms with Crippen molar-refractivity contribution in [2.24, 2.45) is 0 Å². The van der Waals surface area contributed by atoms with Crippen molar-refractivity contribution in [3.63, 3.8) is 0 Å². The largest absolute Gasteiger partial charge is 0.490 e. The van der Waals surface area contributed by atoms with Crippen LogP contribution in [-0.2, 0) is 9.53 Å². The van der Waals surface area contributed by atoms with Gasteiger partial charge in [0, 0.05) is 5.56 Å². The molecule has 0 bridgehead atoms. The van der Waals surface area contributed by atoms with Crippen molar-refractivity contribution in [3.05, 3.63) is 53.6 Å². The van der Waals surface area contributed by atoms with Crippen LogP contribution in [0.5, 0.6) is 17.2 Å². The third-order valence-corrected chi connectivity index (χ3v) is 4.28. The van der Waals surface area contributed by atoms with Crippen LogP contribution in [0.3, 0.4) is 0 Å². The van der Waals surface area contributed by atoms with E-state index in [9.17, 15) is 9.59 Å². The molecule has 162 valence electrons. The highest BCUT2D eigenvalue weighted by Crippen LogP contribution is 2.39. The van der Waals surface area contributed by atoms with Crippen molar-refractivity contribution < 1.29 is 28.5 Å². The molecule has 2 aromatic carbocycles. The van der Waals surface area contributed by atoms with Gasteiger partial charge in [0.2, 0.25) is 5.75 Å². The van der Waals surface area contributed by atoms with Gasteiger partial charge in [-0.25, -0.2) is 0 Å². The van der Waals surface area contributed by atoms with Crippen LogP contribution >= 0.6 is 0 Å². The number of rotatable bonds is 11. The summed E-state index contributed by atoms with van der Waals surface area (Å²) in [5, 5.41) is 2.91. The lowest BCUT2D eigenvalue weighted by Crippen LogP contribution is -2.30. The quantitative estimate of drug-likeness (QED) is 0.560. The molecule has 0 saturated carbocycles. The molecule has 7 nitrogen and oxygen atoms in total. The van der Waals surface area contributed by atoms with Crippen molar-refractivity contribution in [2.75, 3.05) is 26.9 Å². The number of hydrogen-bond donors (Lipinski definition) is 1. The molecule has 2 rings (SSSR count). The lowest BCUT2D eigenvalue weighted by Gasteiger charge is -2.20. The summed E-state index contributed by atoms with van der Waals surface area (Å²) >= 11 is 0. The summed E-state index contributed by atoms with van der Waals surface area (Å²) in [6, 6.07) is 12.0. The minimum atomic E-state index is -0.538. The number of hydrogen-bond acceptors (Lipinski definition) is 6. The van der Waals surface area contributed by atoms with Crippen LogP contribution < -0.4 is 19.5 Å². The second kappa shape index (κ2) is 11.7. The topological polar surface area (TPSA) is 83.1 Å². The van der Waals surface area contributed by atoms with Gasteiger partial charge in [0.15, 0.2) is 11.5 Å². The third-order valence-electron chi connectivity index (χ3n) is 4.28. The van der Waals surface area contributed by atoms with Crippen molar-refractivity contribution in [3.8, 4) is 17.2 Å². The van der Waals surface area contributed by atoms with E-state index in [2.05, 4.69) is 5.32 Å². The SMILES string of the molecule is CCOc1cc(C(=O)NC(CC(=O)OC)c2ccccc2)cc(OCC)c1OCC. The molecular formula is C23H29NO6. The predicted octanol–water partition coefficient (Wildman–Crippen LogP) is 3.92. The van der Waals surface area contributed by atoms with E-state index in [1.165, 1.54) is 7.11 Å². The van der Waals surface area contributed by atoms with E-state index in [0.29, 0.717) is 42.6 Å². The van der Waals surface area contributed by atoms with Gasteiger partial charge >= 0.3 is 5.97 Å². The fourth-order valence-electron chi connectivity index (χ4n) is 2.95. The van der Waals surface area contributed by atoms with Gasteiger partial charge in [-0.2, -0.15) is 0 Å². The van der Waals surface area contributed by atoms with E-state index < -0.39 is 12.0 Å². The summed E-state index contributed by atoms with van der Waals surface area (Å²) in [4.78, 5) is 24.9. The van der Waals surface area contributed by atoms with E-state index in [-0.39, 0.29) is 12.3 Å². The number of methoxy groups -OCH3 is 1. The smallest absolute Gasteiger partial charge is 0.307 e. The molecule has 0 fully saturated rings. The molecule has 1 atom stereocenters. The van der Waals surface area contributed by atoms with Crippen LogP contribution in [0.15, 0.2) is 42.5 Å². The van der Waals surface area contributed by atoms with Crippen LogP contribution in [0, 0.1) is 0 Å². The molecule has 7 heteroatoms. The Morgan fingerprint density at radius 3 is 1.97 bits per heavy atom. The zero-order valence-electron chi connectivity index (χ0n) is 17.9. The number of esters is 1. The first kappa shape index (κ1) is 23.1. The fraction of sp³-hybridized carbons (Fsp3) is 0.391. The molecule has 1 unspecified atom stereocenters. The molecule has 1 amide bonds. The summed E-state index contributed by atoms with van der Waals surface area (Å²) in [5.74, 6) is 0.546. The Bertz CT molecular complexity index is 810. The summed E-state index contributed by atoms with van der Waals surface area (Å²) < 4.78 is 21.8. The van der Waals surface area contributed by atoms with E-state index in [0.717, 1.165) is 5.56 Å². The maximum absolute atomic E-state index is 13.1. The Morgan fingerprint density at radius 1 is 0.900 bits per heavy atom. The highest BCUT2D eigenvalue weighted by atomic mass is 16.5. The molecular weight excluding hydrogens is 386 g/mol. The number of nitrogens with one attached hydrogen (secondary N) is 1. The number of carbonyl (C=O) groups is 2. The molecule has 0 aromatic heterocycles. The normalized spacial score (nSPS) is 11.3. The predicted molar refractivity (Wildman–Crippen MR) is 113 cm³/mol. The van der Waals surface area contributed by atoms with Gasteiger partial charge < -0.3 is 24.3 Å². The first-order chi connectivity index (χ1) is 14.5. The maximum atomic E-state index is 13.1. The average molecular weight is 415 g/mol. The first-order valence-electron chi connectivity index (χ1n) is 10.0. The summed E-state index contributed by atoms with van der Waals surface area (Å²) in [7, 11) is 1.32. The van der Waals surface area contributed by atoms with Crippen LogP contribution in [0.2, 0.25) is 0 Å². The lowest BCUT2D eigenvalue weighted by atomic mass is 10.0. The van der Waals surface area contributed by atoms with Crippen molar-refractivity contribution in [1.82, 2.24) is 5.32 Å². The Morgan fingerprint density at radius 2 is 1.47 bits per heavy atom. The number of amides is 1. The van der Waals surface area contributed by atoms with E-state index in [1.807, 2.05) is 51.1 Å². The van der Waals surface area contributed by atoms with Crippen LogP contribution in [0.25, 0.3) is 0 Å². The molecule has 0 aliphatic rings. The molecule has 30 heavy (non-hydrogen) atoms. The Hall–Kier alpha value is -3.22. The van der Waals surface area contributed by atoms with Gasteiger partial charge in [0.1, 0.15) is 0 Å². The van der Waals surface area contributed by atoms with Gasteiger partial charge in [-0.05, 0) is 38.5 Å². The molecule has 0 saturated heterocycles. The van der Waals surface area contributed by atoms with Crippen molar-refractivity contribution >= 4 is 11.9 Å². The van der Waals surface area contributed by atoms with Crippen LogP contribution in [0.4, 0.5) is 0 Å². The second-order valence-electron chi connectivity index (χ2n) is 6.32. The highest BCUT2D eigenvalue weighted by Gasteiger charge is 2.22. The lowest BCUT2D eigenvalue weighted by molar-refractivity contribution is -0.141. The molecule has 0 aliphatic carbocycles. The highest BCUT2D eigenvalue weighted by molar-refractivity contribution is 5.96. The van der Waals surface area contributed by atoms with Crippen LogP contribution in [-0.4, -0.2) is 38.8 Å². The summed E-state index contributed by atoms with van der Waals surface area (Å²) in [5.41, 5.74) is 1.15. The van der Waals surface area contributed by atoms with E-state index >= 15 is 0 Å². The standard InChI is InChI=1S/C23H29NO6/c1-5-28-19-13-17(14-20(29-6-2)22(19)30-7-3)23(26)24-18(15-21(25)27-4)16-11-9-8-10-12-16/h8-14,18H,5-7,15H2,1-4H3,(H,24,26). The van der Waals surface area contributed by atoms with Gasteiger partial charge in [-0.15, -0.1) is 0 Å². The zero-order chi connectivity index (χ0) is 21.9. The van der Waals surface area contributed by atoms with Crippen molar-refractivity contribution in [1.29, 1.82) is 0 Å². The summed E-state index contributed by atoms with van der Waals surface area (Å²) in [6.07, 6.45) is 0.0138. The zero-order valence-corrected chi connectivity index (χ0v) is 17.9. The number of ether oxygens (including phenoxy) is 4. The first-order valence-corrected chi connectivity index (χ1v) is 10.0. The van der Waals surface area contributed by atoms with E-state index in [4.69, 9.17) is 18.9 Å². The van der Waals surface area contributed by atoms with Gasteiger partial charge in [0.25, 0.3) is 5.91 Å². The number of benzene rings is 2. The monoisotopic (exact) mass is 415 g/mol. The Labute approximate surface area is 177 Å². The fourth-order valence-corrected chi connectivity index (χ4v) is 2.95. The molecule has 0 aliphatic heterocycles. The minimum absolute atomic E-state index is 0.0138. The minimum Gasteiger partial charge on any atom is -0.490 e. The Kier molecular flexibility index (Phi) is 9.00. The summed E-state index contributed by atoms with van der Waals surface area (Å²) in [6.45, 7) is 6.82.